The van der Waals surface area contributed by atoms with Crippen LogP contribution >= 0.6 is 0 Å². The third-order valence-corrected chi connectivity index (χ3v) is 5.75. The lowest BCUT2D eigenvalue weighted by molar-refractivity contribution is -0.132. The number of hydrogen-bond donors (Lipinski definition) is 1. The first-order chi connectivity index (χ1) is 19.4. The van der Waals surface area contributed by atoms with E-state index in [-0.39, 0.29) is 6.10 Å². The Labute approximate surface area is 244 Å². The van der Waals surface area contributed by atoms with Gasteiger partial charge in [0.1, 0.15) is 12.7 Å². The molecule has 0 fully saturated rings. The van der Waals surface area contributed by atoms with Gasteiger partial charge < -0.3 is 14.8 Å². The average molecular weight is 553 g/mol. The molecule has 0 saturated heterocycles. The molecule has 6 nitrogen and oxygen atoms in total. The van der Waals surface area contributed by atoms with Crippen LogP contribution < -0.4 is 5.32 Å². The van der Waals surface area contributed by atoms with Gasteiger partial charge in [-0.3, -0.25) is 14.5 Å². The van der Waals surface area contributed by atoms with Crippen LogP contribution in [-0.2, 0) is 25.7 Å². The molecule has 1 N–H and O–H groups in total. The number of carbonyl (C=O) groups is 2. The maximum Gasteiger partial charge on any atom is 0.293 e. The standard InChI is InChI=1S/C15H30N2.C11H14O2.C8H8O2/c1-6-9-11-15(10-7-2)14(4)17(5)13-12-16-8-3;1-4-7-8-10(5-2)11(6-3)13-9-12;9-7-10-6-8-4-2-1-3-5-8/h9-11,14,16H,6-8,12-13H2,1-5H3;2,4,7-9,11H,6H2,1,3H3;1-5,7H,6H2/b11-9-,15-10+;7-4-,10-8+;. The van der Waals surface area contributed by atoms with Gasteiger partial charge in [0, 0.05) is 24.7 Å². The van der Waals surface area contributed by atoms with Gasteiger partial charge in [0.2, 0.25) is 0 Å². The monoisotopic (exact) mass is 552 g/mol. The number of benzene rings is 1. The number of allylic oxidation sites excluding steroid dienone is 5. The van der Waals surface area contributed by atoms with Crippen molar-refractivity contribution >= 4 is 12.9 Å². The molecule has 6 heteroatoms. The molecule has 0 aliphatic heterocycles. The van der Waals surface area contributed by atoms with Crippen molar-refractivity contribution < 1.29 is 19.1 Å². The maximum absolute atomic E-state index is 10.1. The van der Waals surface area contributed by atoms with Gasteiger partial charge in [-0.2, -0.15) is 0 Å². The molecule has 0 saturated carbocycles. The van der Waals surface area contributed by atoms with Crippen LogP contribution in [-0.4, -0.2) is 56.7 Å². The van der Waals surface area contributed by atoms with Crippen molar-refractivity contribution in [1.82, 2.24) is 10.2 Å². The molecule has 1 aromatic carbocycles. The predicted octanol–water partition coefficient (Wildman–Crippen LogP) is 6.65. The third kappa shape index (κ3) is 20.5. The minimum Gasteiger partial charge on any atom is -0.463 e. The van der Waals surface area contributed by atoms with Gasteiger partial charge >= 0.3 is 0 Å². The first-order valence-electron chi connectivity index (χ1n) is 14.2. The second kappa shape index (κ2) is 28.6. The van der Waals surface area contributed by atoms with E-state index in [1.54, 1.807) is 6.08 Å². The molecule has 1 rings (SSSR count). The number of hydrogen-bond acceptors (Lipinski definition) is 6. The van der Waals surface area contributed by atoms with Crippen molar-refractivity contribution in [2.75, 3.05) is 26.7 Å². The summed E-state index contributed by atoms with van der Waals surface area (Å²) in [5.74, 6) is 2.50. The zero-order chi connectivity index (χ0) is 30.4. The van der Waals surface area contributed by atoms with Crippen LogP contribution in [0.1, 0.15) is 66.4 Å². The molecule has 2 atom stereocenters. The Bertz CT molecular complexity index is 914. The Morgan fingerprint density at radius 3 is 2.30 bits per heavy atom. The molecule has 0 aromatic heterocycles. The normalized spacial score (nSPS) is 13.0. The Morgan fingerprint density at radius 1 is 1.10 bits per heavy atom. The highest BCUT2D eigenvalue weighted by molar-refractivity contribution is 5.41. The van der Waals surface area contributed by atoms with Crippen molar-refractivity contribution in [2.24, 2.45) is 0 Å². The molecule has 2 unspecified atom stereocenters. The van der Waals surface area contributed by atoms with Gasteiger partial charge in [-0.25, -0.2) is 0 Å². The van der Waals surface area contributed by atoms with Crippen LogP contribution in [0.3, 0.4) is 0 Å². The zero-order valence-corrected chi connectivity index (χ0v) is 25.8. The van der Waals surface area contributed by atoms with E-state index in [1.807, 2.05) is 56.3 Å². The molecule has 0 aliphatic carbocycles. The number of terminal acetylenes is 1. The summed E-state index contributed by atoms with van der Waals surface area (Å²) in [4.78, 5) is 22.3. The Kier molecular flexibility index (Phi) is 27.7. The minimum absolute atomic E-state index is 0.293. The van der Waals surface area contributed by atoms with Crippen LogP contribution in [0.25, 0.3) is 0 Å². The molecule has 0 amide bonds. The van der Waals surface area contributed by atoms with Crippen LogP contribution in [0.5, 0.6) is 0 Å². The van der Waals surface area contributed by atoms with Crippen LogP contribution in [0.2, 0.25) is 0 Å². The fraction of sp³-hybridized carbons (Fsp3) is 0.471. The van der Waals surface area contributed by atoms with Gasteiger partial charge in [-0.15, -0.1) is 6.42 Å². The summed E-state index contributed by atoms with van der Waals surface area (Å²) in [5, 5.41) is 3.37. The topological polar surface area (TPSA) is 67.9 Å². The predicted molar refractivity (Wildman–Crippen MR) is 169 cm³/mol. The molecule has 0 aliphatic rings. The minimum atomic E-state index is -0.293. The summed E-state index contributed by atoms with van der Waals surface area (Å²) in [5.41, 5.74) is 3.13. The summed E-state index contributed by atoms with van der Waals surface area (Å²) in [6, 6.07) is 10.0. The van der Waals surface area contributed by atoms with Crippen molar-refractivity contribution in [3.05, 3.63) is 83.5 Å². The number of carbonyl (C=O) groups excluding carboxylic acids is 2. The number of nitrogens with zero attached hydrogens (tertiary/aromatic N) is 1. The first-order valence-corrected chi connectivity index (χ1v) is 14.2. The van der Waals surface area contributed by atoms with Crippen molar-refractivity contribution in [2.45, 2.75) is 79.6 Å². The van der Waals surface area contributed by atoms with Crippen molar-refractivity contribution in [3.63, 3.8) is 0 Å². The highest BCUT2D eigenvalue weighted by atomic mass is 16.5. The molecule has 1 aromatic rings. The van der Waals surface area contributed by atoms with E-state index in [0.717, 1.165) is 38.0 Å². The van der Waals surface area contributed by atoms with E-state index < -0.39 is 0 Å². The third-order valence-electron chi connectivity index (χ3n) is 5.75. The van der Waals surface area contributed by atoms with E-state index in [0.29, 0.717) is 37.6 Å². The fourth-order valence-electron chi connectivity index (χ4n) is 3.36. The summed E-state index contributed by atoms with van der Waals surface area (Å²) in [6.07, 6.45) is 20.2. The number of ether oxygens (including phenoxy) is 2. The quantitative estimate of drug-likeness (QED) is 0.101. The molecule has 0 heterocycles. The van der Waals surface area contributed by atoms with Gasteiger partial charge in [-0.1, -0.05) is 94.3 Å². The number of rotatable bonds is 17. The summed E-state index contributed by atoms with van der Waals surface area (Å²) < 4.78 is 9.35. The Morgan fingerprint density at radius 2 is 1.80 bits per heavy atom. The SMILES string of the molecule is C#C/C(=C\C=C/C)C(CC)OC=O.CC/C=C\C(=C/CC)C(C)N(C)CCNCC.O=COCc1ccccc1. The maximum atomic E-state index is 10.1. The lowest BCUT2D eigenvalue weighted by Gasteiger charge is -2.26. The van der Waals surface area contributed by atoms with Crippen molar-refractivity contribution in [1.29, 1.82) is 0 Å². The second-order valence-electron chi connectivity index (χ2n) is 8.75. The van der Waals surface area contributed by atoms with Crippen LogP contribution in [0, 0.1) is 12.3 Å². The van der Waals surface area contributed by atoms with Crippen molar-refractivity contribution in [3.8, 4) is 12.3 Å². The van der Waals surface area contributed by atoms with E-state index in [2.05, 4.69) is 73.8 Å². The summed E-state index contributed by atoms with van der Waals surface area (Å²) in [6.45, 7) is 17.1. The molecular weight excluding hydrogens is 500 g/mol. The van der Waals surface area contributed by atoms with Gasteiger partial charge in [0.05, 0.1) is 0 Å². The van der Waals surface area contributed by atoms with Crippen LogP contribution in [0.15, 0.2) is 77.9 Å². The molecule has 222 valence electrons. The van der Waals surface area contributed by atoms with E-state index in [4.69, 9.17) is 11.2 Å². The molecule has 0 spiro atoms. The largest absolute Gasteiger partial charge is 0.463 e. The summed E-state index contributed by atoms with van der Waals surface area (Å²) >= 11 is 0. The summed E-state index contributed by atoms with van der Waals surface area (Å²) in [7, 11) is 2.20. The molecule has 40 heavy (non-hydrogen) atoms. The lowest BCUT2D eigenvalue weighted by Crippen LogP contribution is -2.36. The Hall–Kier alpha value is -3.40. The van der Waals surface area contributed by atoms with Gasteiger partial charge in [-0.05, 0) is 63.9 Å². The second-order valence-corrected chi connectivity index (χ2v) is 8.75. The van der Waals surface area contributed by atoms with E-state index >= 15 is 0 Å². The van der Waals surface area contributed by atoms with E-state index in [1.165, 1.54) is 5.57 Å². The zero-order valence-electron chi connectivity index (χ0n) is 25.8. The number of likely N-dealkylation sites (N-methyl/N-ethyl adjacent to an activating group) is 2. The first kappa shape index (κ1) is 38.7. The Balaban J connectivity index is 0. The highest BCUT2D eigenvalue weighted by Gasteiger charge is 2.11. The fourth-order valence-corrected chi connectivity index (χ4v) is 3.36. The lowest BCUT2D eigenvalue weighted by atomic mass is 10.1. The smallest absolute Gasteiger partial charge is 0.293 e. The van der Waals surface area contributed by atoms with E-state index in [9.17, 15) is 9.59 Å². The van der Waals surface area contributed by atoms with Gasteiger partial charge in [0.25, 0.3) is 12.9 Å². The highest BCUT2D eigenvalue weighted by Crippen LogP contribution is 2.12. The average Bonchev–Trinajstić information content (AvgIpc) is 2.98. The number of nitrogens with one attached hydrogen (secondary N) is 1. The molecular formula is C34H52N2O4. The molecule has 0 radical (unpaired) electrons. The van der Waals surface area contributed by atoms with Gasteiger partial charge in [0.15, 0.2) is 0 Å². The van der Waals surface area contributed by atoms with Crippen LogP contribution in [0.4, 0.5) is 0 Å². The molecule has 0 bridgehead atoms.